The molecule has 0 spiro atoms. The number of rotatable bonds is 7. The van der Waals surface area contributed by atoms with Crippen molar-refractivity contribution >= 4 is 34.4 Å². The summed E-state index contributed by atoms with van der Waals surface area (Å²) in [6.07, 6.45) is 0. The van der Waals surface area contributed by atoms with E-state index in [1.165, 1.54) is 11.8 Å². The van der Waals surface area contributed by atoms with Gasteiger partial charge < -0.3 is 5.32 Å². The summed E-state index contributed by atoms with van der Waals surface area (Å²) in [5.41, 5.74) is 6.75. The van der Waals surface area contributed by atoms with Gasteiger partial charge in [-0.1, -0.05) is 53.7 Å². The van der Waals surface area contributed by atoms with Crippen LogP contribution in [0.25, 0.3) is 11.0 Å². The predicted octanol–water partition coefficient (Wildman–Crippen LogP) is 4.63. The summed E-state index contributed by atoms with van der Waals surface area (Å²) in [5, 5.41) is 7.98. The Balaban J connectivity index is 1.67. The molecule has 7 nitrogen and oxygen atoms in total. The number of thioether (sulfide) groups is 1. The van der Waals surface area contributed by atoms with Crippen molar-refractivity contribution in [3.05, 3.63) is 80.8 Å². The number of nitrogens with one attached hydrogen (secondary N) is 1. The monoisotopic (exact) mass is 475 g/mol. The van der Waals surface area contributed by atoms with E-state index in [4.69, 9.17) is 4.98 Å². The van der Waals surface area contributed by atoms with Crippen molar-refractivity contribution in [2.45, 2.75) is 52.9 Å². The van der Waals surface area contributed by atoms with Crippen molar-refractivity contribution in [1.29, 1.82) is 0 Å². The van der Waals surface area contributed by atoms with Gasteiger partial charge in [-0.2, -0.15) is 5.10 Å². The first-order chi connectivity index (χ1) is 16.3. The molecule has 0 radical (unpaired) electrons. The molecule has 34 heavy (non-hydrogen) atoms. The Kier molecular flexibility index (Phi) is 6.88. The summed E-state index contributed by atoms with van der Waals surface area (Å²) in [6, 6.07) is 13.9. The number of benzene rings is 2. The molecule has 4 rings (SSSR count). The summed E-state index contributed by atoms with van der Waals surface area (Å²) in [7, 11) is 0. The van der Waals surface area contributed by atoms with E-state index in [0.717, 1.165) is 27.9 Å². The van der Waals surface area contributed by atoms with E-state index in [1.807, 2.05) is 77.1 Å². The van der Waals surface area contributed by atoms with Gasteiger partial charge in [0.1, 0.15) is 5.52 Å². The first-order valence-electron chi connectivity index (χ1n) is 11.3. The molecule has 0 unspecified atom stereocenters. The van der Waals surface area contributed by atoms with Crippen molar-refractivity contribution in [3.8, 4) is 0 Å². The number of hydrogen-bond acceptors (Lipinski definition) is 5. The van der Waals surface area contributed by atoms with E-state index in [-0.39, 0.29) is 17.2 Å². The number of nitrogens with zero attached hydrogens (tertiary/aromatic N) is 4. The second-order valence-corrected chi connectivity index (χ2v) is 9.40. The number of carbonyl (C=O) groups excluding carboxylic acids is 1. The molecule has 0 aliphatic heterocycles. The summed E-state index contributed by atoms with van der Waals surface area (Å²) in [4.78, 5) is 31.1. The number of amides is 1. The quantitative estimate of drug-likeness (QED) is 0.311. The molecule has 0 saturated heterocycles. The molecular formula is C26H29N5O2S. The molecule has 2 heterocycles. The van der Waals surface area contributed by atoms with Crippen molar-refractivity contribution in [2.24, 2.45) is 0 Å². The molecule has 8 heteroatoms. The fraction of sp³-hybridized carbons (Fsp3) is 0.308. The summed E-state index contributed by atoms with van der Waals surface area (Å²) in [5.74, 6) is -0.00360. The van der Waals surface area contributed by atoms with Crippen LogP contribution in [0, 0.1) is 27.7 Å². The smallest absolute Gasteiger partial charge is 0.280 e. The lowest BCUT2D eigenvalue weighted by molar-refractivity contribution is -0.113. The molecule has 176 valence electrons. The molecule has 0 aliphatic carbocycles. The van der Waals surface area contributed by atoms with Crippen LogP contribution in [0.4, 0.5) is 5.69 Å². The van der Waals surface area contributed by atoms with Gasteiger partial charge in [-0.15, -0.1) is 0 Å². The highest BCUT2D eigenvalue weighted by Gasteiger charge is 2.19. The molecule has 0 bridgehead atoms. The van der Waals surface area contributed by atoms with Gasteiger partial charge in [0.2, 0.25) is 5.91 Å². The zero-order valence-corrected chi connectivity index (χ0v) is 21.0. The molecular weight excluding hydrogens is 446 g/mol. The lowest BCUT2D eigenvalue weighted by Gasteiger charge is -2.14. The van der Waals surface area contributed by atoms with Crippen molar-refractivity contribution in [1.82, 2.24) is 19.3 Å². The summed E-state index contributed by atoms with van der Waals surface area (Å²) in [6.45, 7) is 10.8. The molecule has 1 N–H and O–H groups in total. The highest BCUT2D eigenvalue weighted by molar-refractivity contribution is 7.99. The number of aromatic nitrogens is 4. The Hall–Kier alpha value is -3.39. The van der Waals surface area contributed by atoms with Gasteiger partial charge >= 0.3 is 0 Å². The van der Waals surface area contributed by atoms with E-state index >= 15 is 0 Å². The number of fused-ring (bicyclic) bond motifs is 1. The minimum Gasteiger partial charge on any atom is -0.325 e. The van der Waals surface area contributed by atoms with Gasteiger partial charge in [0.05, 0.1) is 18.0 Å². The number of anilines is 1. The van der Waals surface area contributed by atoms with E-state index in [0.29, 0.717) is 35.0 Å². The van der Waals surface area contributed by atoms with E-state index in [1.54, 1.807) is 9.25 Å². The van der Waals surface area contributed by atoms with Crippen LogP contribution in [-0.2, 0) is 17.9 Å². The van der Waals surface area contributed by atoms with Crippen molar-refractivity contribution in [3.63, 3.8) is 0 Å². The van der Waals surface area contributed by atoms with Gasteiger partial charge in [0, 0.05) is 12.2 Å². The molecule has 0 saturated carbocycles. The highest BCUT2D eigenvalue weighted by Crippen LogP contribution is 2.23. The number of carbonyl (C=O) groups is 1. The maximum atomic E-state index is 13.6. The Morgan fingerprint density at radius 3 is 2.50 bits per heavy atom. The Bertz CT molecular complexity index is 1420. The van der Waals surface area contributed by atoms with E-state index in [9.17, 15) is 9.59 Å². The van der Waals surface area contributed by atoms with Gasteiger partial charge in [0.25, 0.3) is 5.56 Å². The third-order valence-corrected chi connectivity index (χ3v) is 6.93. The SMILES string of the molecule is CCn1nc(C)c2nc(SCC(=O)Nc3cccc(C)c3C)n(Cc3ccc(C)cc3)c(=O)c21. The van der Waals surface area contributed by atoms with Crippen LogP contribution in [-0.4, -0.2) is 31.0 Å². The van der Waals surface area contributed by atoms with E-state index < -0.39 is 0 Å². The first kappa shape index (κ1) is 23.8. The maximum absolute atomic E-state index is 13.6. The normalized spacial score (nSPS) is 11.2. The van der Waals surface area contributed by atoms with Crippen molar-refractivity contribution in [2.75, 3.05) is 11.1 Å². The van der Waals surface area contributed by atoms with Gasteiger partial charge in [-0.3, -0.25) is 18.8 Å². The van der Waals surface area contributed by atoms with Crippen LogP contribution in [0.15, 0.2) is 52.4 Å². The fourth-order valence-electron chi connectivity index (χ4n) is 3.85. The summed E-state index contributed by atoms with van der Waals surface area (Å²) >= 11 is 1.26. The fourth-order valence-corrected chi connectivity index (χ4v) is 4.64. The van der Waals surface area contributed by atoms with Crippen LogP contribution in [0.2, 0.25) is 0 Å². The molecule has 2 aromatic heterocycles. The maximum Gasteiger partial charge on any atom is 0.280 e. The zero-order chi connectivity index (χ0) is 24.4. The van der Waals surface area contributed by atoms with Gasteiger partial charge in [-0.05, 0) is 57.4 Å². The number of aryl methyl sites for hydroxylation is 4. The van der Waals surface area contributed by atoms with Crippen LogP contribution in [0.1, 0.15) is 34.9 Å². The average molecular weight is 476 g/mol. The predicted molar refractivity (Wildman–Crippen MR) is 138 cm³/mol. The third-order valence-electron chi connectivity index (χ3n) is 5.95. The first-order valence-corrected chi connectivity index (χ1v) is 12.3. The average Bonchev–Trinajstić information content (AvgIpc) is 3.14. The second kappa shape index (κ2) is 9.85. The molecule has 0 atom stereocenters. The minimum absolute atomic E-state index is 0.139. The van der Waals surface area contributed by atoms with Crippen molar-refractivity contribution < 1.29 is 4.79 Å². The minimum atomic E-state index is -0.148. The van der Waals surface area contributed by atoms with Crippen LogP contribution in [0.5, 0.6) is 0 Å². The van der Waals surface area contributed by atoms with Crippen LogP contribution in [0.3, 0.4) is 0 Å². The molecule has 4 aromatic rings. The van der Waals surface area contributed by atoms with E-state index in [2.05, 4.69) is 10.4 Å². The Morgan fingerprint density at radius 2 is 1.79 bits per heavy atom. The topological polar surface area (TPSA) is 81.8 Å². The van der Waals surface area contributed by atoms with Crippen LogP contribution >= 0.6 is 11.8 Å². The van der Waals surface area contributed by atoms with Gasteiger partial charge in [0.15, 0.2) is 10.7 Å². The zero-order valence-electron chi connectivity index (χ0n) is 20.2. The Labute approximate surface area is 203 Å². The lowest BCUT2D eigenvalue weighted by Crippen LogP contribution is -2.26. The van der Waals surface area contributed by atoms with Gasteiger partial charge in [-0.25, -0.2) is 4.98 Å². The molecule has 1 amide bonds. The standard InChI is InChI=1S/C26H29N5O2S/c1-6-31-24-23(19(5)29-31)28-26(30(25(24)33)14-20-12-10-16(2)11-13-20)34-15-22(32)27-21-9-7-8-17(3)18(21)4/h7-13H,6,14-15H2,1-5H3,(H,27,32). The highest BCUT2D eigenvalue weighted by atomic mass is 32.2. The lowest BCUT2D eigenvalue weighted by atomic mass is 10.1. The second-order valence-electron chi connectivity index (χ2n) is 8.45. The Morgan fingerprint density at radius 1 is 1.06 bits per heavy atom. The largest absolute Gasteiger partial charge is 0.325 e. The molecule has 0 aliphatic rings. The van der Waals surface area contributed by atoms with Crippen LogP contribution < -0.4 is 10.9 Å². The summed E-state index contributed by atoms with van der Waals surface area (Å²) < 4.78 is 3.35. The number of hydrogen-bond donors (Lipinski definition) is 1. The third kappa shape index (κ3) is 4.77. The molecule has 2 aromatic carbocycles. The molecule has 0 fully saturated rings.